The van der Waals surface area contributed by atoms with Gasteiger partial charge in [-0.05, 0) is 20.3 Å². The van der Waals surface area contributed by atoms with Crippen LogP contribution in [0.1, 0.15) is 33.6 Å². The first kappa shape index (κ1) is 15.8. The second-order valence-electron chi connectivity index (χ2n) is 3.38. The van der Waals surface area contributed by atoms with Gasteiger partial charge in [0.25, 0.3) is 0 Å². The lowest BCUT2D eigenvalue weighted by Crippen LogP contribution is -2.24. The summed E-state index contributed by atoms with van der Waals surface area (Å²) in [6.07, 6.45) is 2.03. The van der Waals surface area contributed by atoms with E-state index in [1.54, 1.807) is 0 Å². The van der Waals surface area contributed by atoms with E-state index in [2.05, 4.69) is 6.92 Å². The molecule has 0 aliphatic rings. The lowest BCUT2D eigenvalue weighted by molar-refractivity contribution is -0.169. The van der Waals surface area contributed by atoms with Crippen molar-refractivity contribution >= 4 is 0 Å². The molecule has 4 nitrogen and oxygen atoms in total. The minimum Gasteiger partial charge on any atom is -0.379 e. The van der Waals surface area contributed by atoms with E-state index in [0.717, 1.165) is 19.4 Å². The smallest absolute Gasteiger partial charge is 0.180 e. The van der Waals surface area contributed by atoms with Crippen molar-refractivity contribution in [3.05, 3.63) is 0 Å². The zero-order chi connectivity index (χ0) is 12.1. The van der Waals surface area contributed by atoms with E-state index in [-0.39, 0.29) is 6.29 Å². The van der Waals surface area contributed by atoms with Gasteiger partial charge in [0, 0.05) is 19.8 Å². The molecule has 0 amide bonds. The Bertz CT molecular complexity index is 124. The first-order valence-electron chi connectivity index (χ1n) is 6.23. The van der Waals surface area contributed by atoms with Crippen molar-refractivity contribution in [1.29, 1.82) is 0 Å². The maximum atomic E-state index is 5.41. The van der Waals surface area contributed by atoms with Crippen LogP contribution >= 0.6 is 0 Å². The van der Waals surface area contributed by atoms with Gasteiger partial charge >= 0.3 is 0 Å². The van der Waals surface area contributed by atoms with E-state index in [0.29, 0.717) is 33.0 Å². The minimum absolute atomic E-state index is 0.245. The second kappa shape index (κ2) is 12.9. The normalized spacial score (nSPS) is 11.2. The summed E-state index contributed by atoms with van der Waals surface area (Å²) in [6, 6.07) is 0. The van der Waals surface area contributed by atoms with Crippen LogP contribution in [0.25, 0.3) is 0 Å². The van der Waals surface area contributed by atoms with Gasteiger partial charge in [0.2, 0.25) is 0 Å². The van der Waals surface area contributed by atoms with Crippen molar-refractivity contribution in [3.8, 4) is 0 Å². The zero-order valence-corrected chi connectivity index (χ0v) is 10.9. The number of unbranched alkanes of at least 4 members (excludes halogenated alkanes) is 1. The highest BCUT2D eigenvalue weighted by molar-refractivity contribution is 4.42. The summed E-state index contributed by atoms with van der Waals surface area (Å²) in [7, 11) is 0. The fraction of sp³-hybridized carbons (Fsp3) is 1.00. The van der Waals surface area contributed by atoms with Crippen LogP contribution < -0.4 is 0 Å². The molecule has 4 heteroatoms. The van der Waals surface area contributed by atoms with E-state index in [4.69, 9.17) is 18.9 Å². The molecule has 16 heavy (non-hydrogen) atoms. The lowest BCUT2D eigenvalue weighted by Gasteiger charge is -2.16. The predicted molar refractivity (Wildman–Crippen MR) is 63.6 cm³/mol. The van der Waals surface area contributed by atoms with Gasteiger partial charge in [0.05, 0.1) is 19.8 Å². The average Bonchev–Trinajstić information content (AvgIpc) is 2.28. The van der Waals surface area contributed by atoms with Crippen molar-refractivity contribution in [2.75, 3.05) is 39.6 Å². The monoisotopic (exact) mass is 234 g/mol. The molecule has 0 bridgehead atoms. The van der Waals surface area contributed by atoms with Gasteiger partial charge in [-0.2, -0.15) is 0 Å². The lowest BCUT2D eigenvalue weighted by atomic mass is 10.4. The van der Waals surface area contributed by atoms with Crippen LogP contribution in [0, 0.1) is 0 Å². The van der Waals surface area contributed by atoms with Gasteiger partial charge in [0.1, 0.15) is 0 Å². The van der Waals surface area contributed by atoms with E-state index >= 15 is 0 Å². The summed E-state index contributed by atoms with van der Waals surface area (Å²) < 4.78 is 21.5. The number of ether oxygens (including phenoxy) is 4. The van der Waals surface area contributed by atoms with Crippen molar-refractivity contribution in [2.45, 2.75) is 39.9 Å². The summed E-state index contributed by atoms with van der Waals surface area (Å²) in [4.78, 5) is 0. The molecule has 0 aromatic carbocycles. The molecule has 0 spiro atoms. The molecule has 0 aliphatic heterocycles. The van der Waals surface area contributed by atoms with Crippen LogP contribution in [0.3, 0.4) is 0 Å². The molecule has 0 N–H and O–H groups in total. The quantitative estimate of drug-likeness (QED) is 0.383. The van der Waals surface area contributed by atoms with Gasteiger partial charge in [-0.15, -0.1) is 0 Å². The highest BCUT2D eigenvalue weighted by Crippen LogP contribution is 1.96. The fourth-order valence-electron chi connectivity index (χ4n) is 1.16. The van der Waals surface area contributed by atoms with Crippen molar-refractivity contribution in [3.63, 3.8) is 0 Å². The standard InChI is InChI=1S/C12H26O4/c1-4-7-8-13-9-10-14-11-12(15-5-2)16-6-3/h12H,4-11H2,1-3H3. The highest BCUT2D eigenvalue weighted by atomic mass is 16.7. The molecule has 0 aromatic rings. The maximum absolute atomic E-state index is 5.41. The molecule has 0 atom stereocenters. The first-order valence-corrected chi connectivity index (χ1v) is 6.23. The topological polar surface area (TPSA) is 36.9 Å². The number of rotatable bonds is 12. The molecule has 0 aliphatic carbocycles. The van der Waals surface area contributed by atoms with Gasteiger partial charge < -0.3 is 18.9 Å². The summed E-state index contributed by atoms with van der Waals surface area (Å²) in [5.74, 6) is 0. The van der Waals surface area contributed by atoms with Gasteiger partial charge in [0.15, 0.2) is 6.29 Å². The third kappa shape index (κ3) is 10.4. The third-order valence-corrected chi connectivity index (χ3v) is 1.97. The highest BCUT2D eigenvalue weighted by Gasteiger charge is 2.07. The molecule has 0 saturated carbocycles. The van der Waals surface area contributed by atoms with Crippen LogP contribution in [0.15, 0.2) is 0 Å². The fourth-order valence-corrected chi connectivity index (χ4v) is 1.16. The summed E-state index contributed by atoms with van der Waals surface area (Å²) in [5.41, 5.74) is 0. The summed E-state index contributed by atoms with van der Waals surface area (Å²) in [5, 5.41) is 0. The molecule has 0 heterocycles. The van der Waals surface area contributed by atoms with Crippen LogP contribution in [0.5, 0.6) is 0 Å². The SMILES string of the molecule is CCCCOCCOCC(OCC)OCC. The molecule has 0 unspecified atom stereocenters. The van der Waals surface area contributed by atoms with Gasteiger partial charge in [-0.3, -0.25) is 0 Å². The molecule has 0 rings (SSSR count). The van der Waals surface area contributed by atoms with E-state index in [1.807, 2.05) is 13.8 Å². The minimum atomic E-state index is -0.245. The molecular weight excluding hydrogens is 208 g/mol. The Balaban J connectivity index is 3.25. The number of hydrogen-bond acceptors (Lipinski definition) is 4. The Morgan fingerprint density at radius 3 is 2.00 bits per heavy atom. The van der Waals surface area contributed by atoms with Crippen LogP contribution in [0.2, 0.25) is 0 Å². The van der Waals surface area contributed by atoms with Gasteiger partial charge in [-0.25, -0.2) is 0 Å². The largest absolute Gasteiger partial charge is 0.379 e. The first-order chi connectivity index (χ1) is 7.85. The van der Waals surface area contributed by atoms with Crippen molar-refractivity contribution in [1.82, 2.24) is 0 Å². The molecule has 0 fully saturated rings. The van der Waals surface area contributed by atoms with Crippen LogP contribution in [-0.4, -0.2) is 45.9 Å². The molecule has 0 radical (unpaired) electrons. The van der Waals surface area contributed by atoms with Crippen molar-refractivity contribution < 1.29 is 18.9 Å². The Morgan fingerprint density at radius 2 is 1.44 bits per heavy atom. The Labute approximate surface area is 99.2 Å². The average molecular weight is 234 g/mol. The third-order valence-electron chi connectivity index (χ3n) is 1.97. The van der Waals surface area contributed by atoms with E-state index < -0.39 is 0 Å². The van der Waals surface area contributed by atoms with Crippen LogP contribution in [0.4, 0.5) is 0 Å². The second-order valence-corrected chi connectivity index (χ2v) is 3.38. The van der Waals surface area contributed by atoms with Gasteiger partial charge in [-0.1, -0.05) is 13.3 Å². The van der Waals surface area contributed by atoms with E-state index in [9.17, 15) is 0 Å². The molecule has 0 aromatic heterocycles. The van der Waals surface area contributed by atoms with Crippen LogP contribution in [-0.2, 0) is 18.9 Å². The molecule has 98 valence electrons. The molecular formula is C12H26O4. The molecule has 0 saturated heterocycles. The Hall–Kier alpha value is -0.160. The summed E-state index contributed by atoms with van der Waals surface area (Å²) >= 11 is 0. The zero-order valence-electron chi connectivity index (χ0n) is 10.9. The maximum Gasteiger partial charge on any atom is 0.180 e. The summed E-state index contributed by atoms with van der Waals surface area (Å²) in [6.45, 7) is 9.85. The van der Waals surface area contributed by atoms with E-state index in [1.165, 1.54) is 0 Å². The number of hydrogen-bond donors (Lipinski definition) is 0. The predicted octanol–water partition coefficient (Wildman–Crippen LogP) is 2.22. The Kier molecular flexibility index (Phi) is 12.8. The van der Waals surface area contributed by atoms with Crippen molar-refractivity contribution in [2.24, 2.45) is 0 Å². The Morgan fingerprint density at radius 1 is 0.812 bits per heavy atom.